The maximum Gasteiger partial charge on any atom is 0.251 e. The van der Waals surface area contributed by atoms with E-state index in [2.05, 4.69) is 42.4 Å². The van der Waals surface area contributed by atoms with E-state index in [9.17, 15) is 9.59 Å². The Morgan fingerprint density at radius 2 is 1.95 bits per heavy atom. The fourth-order valence-corrected chi connectivity index (χ4v) is 5.87. The lowest BCUT2D eigenvalue weighted by Crippen LogP contribution is -2.46. The van der Waals surface area contributed by atoms with Crippen LogP contribution < -0.4 is 20.5 Å². The number of nitrogens with two attached hydrogens (primary N) is 1. The molecule has 8 heteroatoms. The van der Waals surface area contributed by atoms with Crippen molar-refractivity contribution < 1.29 is 19.1 Å². The van der Waals surface area contributed by atoms with Crippen molar-refractivity contribution in [1.29, 1.82) is 0 Å². The molecule has 208 valence electrons. The average Bonchev–Trinajstić information content (AvgIpc) is 2.87. The normalized spacial score (nSPS) is 23.4. The standard InChI is InChI=1S/C31H40N4O4/c1-4-38-26-14-12-21-16-22(26)19-35-28(36)17-23(33-30(35)32)10-8-6-5-7-9-20-11-13-24-25(34-29(21)37)18-31(2,3)39-27(24)15-20/h11-16,23,25H,4-10,17-19H2,1-3H3,(H2,32,33)(H,34,37). The number of aryl methyl sites for hydroxylation is 1. The van der Waals surface area contributed by atoms with Gasteiger partial charge in [-0.25, -0.2) is 4.99 Å². The number of aliphatic imine (C=N–C) groups is 1. The zero-order chi connectivity index (χ0) is 27.6. The van der Waals surface area contributed by atoms with Gasteiger partial charge in [-0.2, -0.15) is 0 Å². The highest BCUT2D eigenvalue weighted by Gasteiger charge is 2.35. The molecule has 6 aliphatic heterocycles. The molecule has 2 amide bonds. The maximum absolute atomic E-state index is 13.6. The Balaban J connectivity index is 1.50. The molecule has 6 aliphatic rings. The Labute approximate surface area is 230 Å². The molecule has 6 heterocycles. The van der Waals surface area contributed by atoms with E-state index < -0.39 is 5.60 Å². The van der Waals surface area contributed by atoms with Crippen molar-refractivity contribution in [3.05, 3.63) is 58.7 Å². The number of benzene rings is 2. The molecule has 0 aliphatic carbocycles. The van der Waals surface area contributed by atoms with Gasteiger partial charge in [0.15, 0.2) is 5.96 Å². The van der Waals surface area contributed by atoms with E-state index in [1.165, 1.54) is 10.5 Å². The number of hydrogen-bond acceptors (Lipinski definition) is 6. The van der Waals surface area contributed by atoms with Gasteiger partial charge in [-0.1, -0.05) is 31.4 Å². The largest absolute Gasteiger partial charge is 0.494 e. The fraction of sp³-hybridized carbons (Fsp3) is 0.516. The highest BCUT2D eigenvalue weighted by Crippen LogP contribution is 2.40. The predicted octanol–water partition coefficient (Wildman–Crippen LogP) is 5.04. The minimum atomic E-state index is -0.410. The summed E-state index contributed by atoms with van der Waals surface area (Å²) in [5, 5.41) is 3.24. The number of hydrogen-bond donors (Lipinski definition) is 2. The lowest BCUT2D eigenvalue weighted by molar-refractivity contribution is -0.128. The van der Waals surface area contributed by atoms with Crippen LogP contribution in [0.2, 0.25) is 0 Å². The summed E-state index contributed by atoms with van der Waals surface area (Å²) in [6, 6.07) is 11.5. The molecule has 8 rings (SSSR count). The number of guanidine groups is 1. The SMILES string of the molecule is CCOc1ccc2cc1CN1C(=O)CC(CCCCCCc3ccc4c(c3)OC(C)(C)CC4NC2=O)N=C1N. The van der Waals surface area contributed by atoms with E-state index >= 15 is 0 Å². The smallest absolute Gasteiger partial charge is 0.251 e. The van der Waals surface area contributed by atoms with Crippen LogP contribution >= 0.6 is 0 Å². The third kappa shape index (κ3) is 6.21. The lowest BCUT2D eigenvalue weighted by Gasteiger charge is -2.38. The first-order valence-corrected chi connectivity index (χ1v) is 14.2. The third-order valence-electron chi connectivity index (χ3n) is 7.85. The minimum absolute atomic E-state index is 0.0471. The molecule has 0 fully saturated rings. The number of carbonyl (C=O) groups excluding carboxylic acids is 2. The molecular formula is C31H40N4O4. The van der Waals surface area contributed by atoms with Gasteiger partial charge in [0.05, 0.1) is 25.2 Å². The van der Waals surface area contributed by atoms with Crippen LogP contribution in [-0.2, 0) is 17.8 Å². The number of ether oxygens (including phenoxy) is 2. The molecule has 3 N–H and O–H groups in total. The Hall–Kier alpha value is -3.55. The van der Waals surface area contributed by atoms with E-state index in [0.29, 0.717) is 30.8 Å². The Bertz CT molecular complexity index is 1270. The van der Waals surface area contributed by atoms with Crippen molar-refractivity contribution in [3.8, 4) is 11.5 Å². The number of rotatable bonds is 2. The summed E-state index contributed by atoms with van der Waals surface area (Å²) in [6.07, 6.45) is 7.14. The first kappa shape index (κ1) is 27.0. The van der Waals surface area contributed by atoms with Gasteiger partial charge in [-0.05, 0) is 69.9 Å². The maximum atomic E-state index is 13.6. The van der Waals surface area contributed by atoms with Crippen LogP contribution in [0.15, 0.2) is 41.4 Å². The van der Waals surface area contributed by atoms with Crippen LogP contribution in [0.25, 0.3) is 0 Å². The van der Waals surface area contributed by atoms with Gasteiger partial charge >= 0.3 is 0 Å². The van der Waals surface area contributed by atoms with Gasteiger partial charge in [-0.3, -0.25) is 14.5 Å². The Kier molecular flexibility index (Phi) is 7.82. The van der Waals surface area contributed by atoms with Crippen molar-refractivity contribution >= 4 is 17.8 Å². The molecule has 0 saturated carbocycles. The fourth-order valence-electron chi connectivity index (χ4n) is 5.87. The van der Waals surface area contributed by atoms with Crippen LogP contribution in [0, 0.1) is 0 Å². The molecule has 0 radical (unpaired) electrons. The number of amides is 2. The molecule has 0 aromatic heterocycles. The highest BCUT2D eigenvalue weighted by atomic mass is 16.5. The molecule has 2 aromatic carbocycles. The van der Waals surface area contributed by atoms with Crippen molar-refractivity contribution in [2.45, 2.75) is 96.4 Å². The monoisotopic (exact) mass is 532 g/mol. The van der Waals surface area contributed by atoms with E-state index in [1.54, 1.807) is 18.2 Å². The van der Waals surface area contributed by atoms with Gasteiger partial charge in [0, 0.05) is 29.5 Å². The summed E-state index contributed by atoms with van der Waals surface area (Å²) in [5.41, 5.74) is 9.35. The summed E-state index contributed by atoms with van der Waals surface area (Å²) in [7, 11) is 0. The second kappa shape index (κ2) is 11.3. The zero-order valence-electron chi connectivity index (χ0n) is 23.3. The third-order valence-corrected chi connectivity index (χ3v) is 7.85. The summed E-state index contributed by atoms with van der Waals surface area (Å²) in [6.45, 7) is 6.69. The number of nitrogens with zero attached hydrogens (tertiary/aromatic N) is 2. The molecular weight excluding hydrogens is 492 g/mol. The lowest BCUT2D eigenvalue weighted by atomic mass is 9.88. The molecule has 2 unspecified atom stereocenters. The second-order valence-electron chi connectivity index (χ2n) is 11.5. The first-order chi connectivity index (χ1) is 18.7. The average molecular weight is 533 g/mol. The molecule has 8 bridgehead atoms. The van der Waals surface area contributed by atoms with Crippen LogP contribution in [0.1, 0.15) is 98.8 Å². The molecule has 0 saturated heterocycles. The molecule has 39 heavy (non-hydrogen) atoms. The van der Waals surface area contributed by atoms with Crippen molar-refractivity contribution in [2.75, 3.05) is 6.61 Å². The van der Waals surface area contributed by atoms with Crippen molar-refractivity contribution in [1.82, 2.24) is 10.2 Å². The van der Waals surface area contributed by atoms with Crippen molar-refractivity contribution in [3.63, 3.8) is 0 Å². The molecule has 2 aromatic rings. The van der Waals surface area contributed by atoms with E-state index in [0.717, 1.165) is 55.4 Å². The highest BCUT2D eigenvalue weighted by molar-refractivity contribution is 5.99. The van der Waals surface area contributed by atoms with Crippen LogP contribution in [0.4, 0.5) is 0 Å². The molecule has 8 nitrogen and oxygen atoms in total. The van der Waals surface area contributed by atoms with Gasteiger partial charge in [-0.15, -0.1) is 0 Å². The van der Waals surface area contributed by atoms with Crippen molar-refractivity contribution in [2.24, 2.45) is 10.7 Å². The minimum Gasteiger partial charge on any atom is -0.494 e. The number of carbonyl (C=O) groups is 2. The molecule has 0 spiro atoms. The summed E-state index contributed by atoms with van der Waals surface area (Å²) >= 11 is 0. The Morgan fingerprint density at radius 3 is 2.74 bits per heavy atom. The van der Waals surface area contributed by atoms with Gasteiger partial charge < -0.3 is 20.5 Å². The van der Waals surface area contributed by atoms with E-state index in [-0.39, 0.29) is 36.4 Å². The van der Waals surface area contributed by atoms with Crippen LogP contribution in [-0.4, -0.2) is 40.9 Å². The first-order valence-electron chi connectivity index (χ1n) is 14.2. The summed E-state index contributed by atoms with van der Waals surface area (Å²) in [4.78, 5) is 32.8. The topological polar surface area (TPSA) is 106 Å². The van der Waals surface area contributed by atoms with Crippen LogP contribution in [0.5, 0.6) is 11.5 Å². The Morgan fingerprint density at radius 1 is 1.13 bits per heavy atom. The molecule has 2 atom stereocenters. The van der Waals surface area contributed by atoms with E-state index in [1.807, 2.05) is 6.92 Å². The van der Waals surface area contributed by atoms with Gasteiger partial charge in [0.2, 0.25) is 5.91 Å². The summed E-state index contributed by atoms with van der Waals surface area (Å²) in [5.74, 6) is 1.48. The van der Waals surface area contributed by atoms with Gasteiger partial charge in [0.25, 0.3) is 5.91 Å². The zero-order valence-corrected chi connectivity index (χ0v) is 23.3. The van der Waals surface area contributed by atoms with E-state index in [4.69, 9.17) is 15.2 Å². The van der Waals surface area contributed by atoms with Gasteiger partial charge in [0.1, 0.15) is 17.1 Å². The quantitative estimate of drug-likeness (QED) is 0.564. The number of nitrogens with one attached hydrogen (secondary N) is 1. The predicted molar refractivity (Wildman–Crippen MR) is 151 cm³/mol. The van der Waals surface area contributed by atoms with Crippen LogP contribution in [0.3, 0.4) is 0 Å². The second-order valence-corrected chi connectivity index (χ2v) is 11.5. The summed E-state index contributed by atoms with van der Waals surface area (Å²) < 4.78 is 12.2.